The lowest BCUT2D eigenvalue weighted by Gasteiger charge is -2.40. The minimum absolute atomic E-state index is 0.000888. The first kappa shape index (κ1) is 23.7. The monoisotopic (exact) mass is 489 g/mol. The highest BCUT2D eigenvalue weighted by Crippen LogP contribution is 2.30. The summed E-state index contributed by atoms with van der Waals surface area (Å²) in [5.74, 6) is -0.362. The summed E-state index contributed by atoms with van der Waals surface area (Å²) in [6.07, 6.45) is 1.87. The van der Waals surface area contributed by atoms with Crippen LogP contribution in [0.3, 0.4) is 0 Å². The van der Waals surface area contributed by atoms with E-state index in [2.05, 4.69) is 0 Å². The van der Waals surface area contributed by atoms with Crippen molar-refractivity contribution in [2.24, 2.45) is 0 Å². The standard InChI is InChI=1S/C24H28ClN3O4S/c1-32-24(31)22(18-7-2-3-8-19(18)25)26-11-13-27(14-12-26)23(30)20-9-4-10-28(20)21(29)16-17-6-5-15-33-17/h2-3,5-8,15,20,22H,4,9-14,16H2,1H3. The van der Waals surface area contributed by atoms with Crippen LogP contribution in [0.25, 0.3) is 0 Å². The zero-order valence-electron chi connectivity index (χ0n) is 18.6. The van der Waals surface area contributed by atoms with Gasteiger partial charge < -0.3 is 14.5 Å². The van der Waals surface area contributed by atoms with Crippen molar-refractivity contribution >= 4 is 40.7 Å². The van der Waals surface area contributed by atoms with Gasteiger partial charge in [0.1, 0.15) is 12.1 Å². The molecule has 33 heavy (non-hydrogen) atoms. The molecule has 3 heterocycles. The molecule has 0 radical (unpaired) electrons. The van der Waals surface area contributed by atoms with Gasteiger partial charge in [-0.1, -0.05) is 35.9 Å². The van der Waals surface area contributed by atoms with Crippen LogP contribution in [0, 0.1) is 0 Å². The molecule has 9 heteroatoms. The highest BCUT2D eigenvalue weighted by molar-refractivity contribution is 7.10. The number of hydrogen-bond donors (Lipinski definition) is 0. The lowest BCUT2D eigenvalue weighted by atomic mass is 10.0. The first-order chi connectivity index (χ1) is 16.0. The summed E-state index contributed by atoms with van der Waals surface area (Å²) in [5, 5.41) is 2.47. The van der Waals surface area contributed by atoms with Crippen molar-refractivity contribution in [3.8, 4) is 0 Å². The Labute approximate surface area is 202 Å². The van der Waals surface area contributed by atoms with Crippen molar-refractivity contribution in [1.82, 2.24) is 14.7 Å². The van der Waals surface area contributed by atoms with Crippen molar-refractivity contribution < 1.29 is 19.1 Å². The Balaban J connectivity index is 1.40. The molecule has 0 saturated carbocycles. The number of rotatable bonds is 6. The maximum Gasteiger partial charge on any atom is 0.327 e. The summed E-state index contributed by atoms with van der Waals surface area (Å²) in [7, 11) is 1.37. The van der Waals surface area contributed by atoms with Crippen LogP contribution in [0.15, 0.2) is 41.8 Å². The second-order valence-electron chi connectivity index (χ2n) is 8.31. The lowest BCUT2D eigenvalue weighted by Crippen LogP contribution is -2.55. The minimum atomic E-state index is -0.615. The molecule has 2 aliphatic heterocycles. The molecular weight excluding hydrogens is 462 g/mol. The first-order valence-electron chi connectivity index (χ1n) is 11.2. The van der Waals surface area contributed by atoms with Crippen LogP contribution in [0.2, 0.25) is 5.02 Å². The Morgan fingerprint density at radius 1 is 1.09 bits per heavy atom. The van der Waals surface area contributed by atoms with Gasteiger partial charge in [0.2, 0.25) is 11.8 Å². The van der Waals surface area contributed by atoms with Crippen LogP contribution < -0.4 is 0 Å². The topological polar surface area (TPSA) is 70.2 Å². The molecule has 2 saturated heterocycles. The Morgan fingerprint density at radius 3 is 2.52 bits per heavy atom. The van der Waals surface area contributed by atoms with E-state index in [-0.39, 0.29) is 17.8 Å². The van der Waals surface area contributed by atoms with Gasteiger partial charge in [0, 0.05) is 42.6 Å². The van der Waals surface area contributed by atoms with Gasteiger partial charge >= 0.3 is 5.97 Å². The molecule has 2 amide bonds. The number of carbonyl (C=O) groups is 3. The third kappa shape index (κ3) is 5.23. The number of halogens is 1. The van der Waals surface area contributed by atoms with Gasteiger partial charge in [-0.3, -0.25) is 14.5 Å². The molecule has 7 nitrogen and oxygen atoms in total. The molecule has 4 rings (SSSR count). The molecule has 1 aromatic heterocycles. The number of hydrogen-bond acceptors (Lipinski definition) is 6. The average molecular weight is 490 g/mol. The predicted molar refractivity (Wildman–Crippen MR) is 127 cm³/mol. The van der Waals surface area contributed by atoms with E-state index in [1.165, 1.54) is 7.11 Å². The number of benzene rings is 1. The maximum atomic E-state index is 13.3. The smallest absolute Gasteiger partial charge is 0.327 e. The van der Waals surface area contributed by atoms with Crippen LogP contribution in [-0.2, 0) is 25.5 Å². The number of esters is 1. The summed E-state index contributed by atoms with van der Waals surface area (Å²) >= 11 is 7.92. The minimum Gasteiger partial charge on any atom is -0.468 e. The summed E-state index contributed by atoms with van der Waals surface area (Å²) in [4.78, 5) is 45.3. The van der Waals surface area contributed by atoms with Gasteiger partial charge in [0.05, 0.1) is 13.5 Å². The highest BCUT2D eigenvalue weighted by atomic mass is 35.5. The molecule has 2 aromatic rings. The summed E-state index contributed by atoms with van der Waals surface area (Å²) < 4.78 is 5.05. The molecule has 2 aliphatic rings. The quantitative estimate of drug-likeness (QED) is 0.583. The molecule has 176 valence electrons. The Bertz CT molecular complexity index is 991. The summed E-state index contributed by atoms with van der Waals surface area (Å²) in [5.41, 5.74) is 0.701. The molecule has 0 bridgehead atoms. The zero-order chi connectivity index (χ0) is 23.4. The van der Waals surface area contributed by atoms with Gasteiger partial charge in [-0.2, -0.15) is 0 Å². The van der Waals surface area contributed by atoms with Crippen molar-refractivity contribution in [3.63, 3.8) is 0 Å². The fourth-order valence-corrected chi connectivity index (χ4v) is 5.61. The van der Waals surface area contributed by atoms with Gasteiger partial charge in [-0.05, 0) is 35.9 Å². The third-order valence-corrected chi connectivity index (χ3v) is 7.60. The average Bonchev–Trinajstić information content (AvgIpc) is 3.52. The Hall–Kier alpha value is -2.42. The van der Waals surface area contributed by atoms with E-state index in [0.717, 1.165) is 11.3 Å². The van der Waals surface area contributed by atoms with E-state index in [1.807, 2.05) is 45.5 Å². The number of piperazine rings is 1. The van der Waals surface area contributed by atoms with Crippen LogP contribution in [0.1, 0.15) is 29.3 Å². The summed E-state index contributed by atoms with van der Waals surface area (Å²) in [6.45, 7) is 2.64. The molecule has 2 fully saturated rings. The number of methoxy groups -OCH3 is 1. The SMILES string of the molecule is COC(=O)C(c1ccccc1Cl)N1CCN(C(=O)C2CCCN2C(=O)Cc2cccs2)CC1. The molecule has 1 aromatic carbocycles. The highest BCUT2D eigenvalue weighted by Gasteiger charge is 2.39. The van der Waals surface area contributed by atoms with E-state index in [4.69, 9.17) is 16.3 Å². The lowest BCUT2D eigenvalue weighted by molar-refractivity contribution is -0.150. The van der Waals surface area contributed by atoms with Crippen LogP contribution in [0.5, 0.6) is 0 Å². The van der Waals surface area contributed by atoms with E-state index in [1.54, 1.807) is 22.3 Å². The first-order valence-corrected chi connectivity index (χ1v) is 12.4. The van der Waals surface area contributed by atoms with E-state index in [0.29, 0.717) is 56.2 Å². The normalized spacial score (nSPS) is 20.0. The number of nitrogens with zero attached hydrogens (tertiary/aromatic N) is 3. The second kappa shape index (κ2) is 10.7. The van der Waals surface area contributed by atoms with Gasteiger partial charge in [0.25, 0.3) is 0 Å². The van der Waals surface area contributed by atoms with E-state index in [9.17, 15) is 14.4 Å². The Kier molecular flexibility index (Phi) is 7.67. The molecule has 2 unspecified atom stereocenters. The molecule has 2 atom stereocenters. The zero-order valence-corrected chi connectivity index (χ0v) is 20.2. The number of likely N-dealkylation sites (tertiary alicyclic amines) is 1. The number of thiophene rings is 1. The molecule has 0 N–H and O–H groups in total. The van der Waals surface area contributed by atoms with Crippen LogP contribution in [0.4, 0.5) is 0 Å². The largest absolute Gasteiger partial charge is 0.468 e. The fraction of sp³-hybridized carbons (Fsp3) is 0.458. The van der Waals surface area contributed by atoms with E-state index >= 15 is 0 Å². The molecular formula is C24H28ClN3O4S. The fourth-order valence-electron chi connectivity index (χ4n) is 4.68. The van der Waals surface area contributed by atoms with Gasteiger partial charge in [-0.25, -0.2) is 4.79 Å². The summed E-state index contributed by atoms with van der Waals surface area (Å²) in [6, 6.07) is 10.1. The molecule has 0 aliphatic carbocycles. The number of carbonyl (C=O) groups excluding carboxylic acids is 3. The van der Waals surface area contributed by atoms with Gasteiger partial charge in [-0.15, -0.1) is 11.3 Å². The second-order valence-corrected chi connectivity index (χ2v) is 9.75. The Morgan fingerprint density at radius 2 is 1.85 bits per heavy atom. The van der Waals surface area contributed by atoms with Gasteiger partial charge in [0.15, 0.2) is 0 Å². The predicted octanol–water partition coefficient (Wildman–Crippen LogP) is 2.99. The van der Waals surface area contributed by atoms with Crippen LogP contribution >= 0.6 is 22.9 Å². The van der Waals surface area contributed by atoms with Crippen molar-refractivity contribution in [3.05, 3.63) is 57.2 Å². The molecule has 0 spiro atoms. The van der Waals surface area contributed by atoms with Crippen molar-refractivity contribution in [2.75, 3.05) is 39.8 Å². The van der Waals surface area contributed by atoms with Crippen molar-refractivity contribution in [1.29, 1.82) is 0 Å². The van der Waals surface area contributed by atoms with E-state index < -0.39 is 12.1 Å². The number of ether oxygens (including phenoxy) is 1. The maximum absolute atomic E-state index is 13.3. The number of amides is 2. The third-order valence-electron chi connectivity index (χ3n) is 6.38. The van der Waals surface area contributed by atoms with Crippen molar-refractivity contribution in [2.45, 2.75) is 31.3 Å². The van der Waals surface area contributed by atoms with Crippen LogP contribution in [-0.4, -0.2) is 78.4 Å².